The largest absolute Gasteiger partial charge is 0.292 e. The minimum atomic E-state index is -0.578. The minimum absolute atomic E-state index is 0.328. The van der Waals surface area contributed by atoms with Gasteiger partial charge in [-0.3, -0.25) is 4.79 Å². The Hall–Kier alpha value is -1.80. The van der Waals surface area contributed by atoms with Gasteiger partial charge in [-0.15, -0.1) is 0 Å². The zero-order valence-corrected chi connectivity index (χ0v) is 9.67. The monoisotopic (exact) mass is 229 g/mol. The first kappa shape index (κ1) is 11.7. The lowest BCUT2D eigenvalue weighted by atomic mass is 9.69. The Bertz CT molecular complexity index is 443. The SMILES string of the molecule is [N-]=[N+]=NC(=O)C1(c2ccccc2)CCCCC1. The van der Waals surface area contributed by atoms with Gasteiger partial charge in [-0.1, -0.05) is 49.6 Å². The number of carbonyl (C=O) groups is 1. The highest BCUT2D eigenvalue weighted by Crippen LogP contribution is 2.40. The number of rotatable bonds is 2. The van der Waals surface area contributed by atoms with E-state index < -0.39 is 5.41 Å². The summed E-state index contributed by atoms with van der Waals surface area (Å²) in [4.78, 5) is 14.8. The number of hydrogen-bond acceptors (Lipinski definition) is 1. The number of nitrogens with zero attached hydrogens (tertiary/aromatic N) is 3. The molecule has 0 spiro atoms. The van der Waals surface area contributed by atoms with Gasteiger partial charge in [0.2, 0.25) is 5.91 Å². The summed E-state index contributed by atoms with van der Waals surface area (Å²) >= 11 is 0. The fraction of sp³-hybridized carbons (Fsp3) is 0.462. The predicted octanol–water partition coefficient (Wildman–Crippen LogP) is 3.73. The standard InChI is InChI=1S/C13H15N3O/c14-16-15-12(17)13(9-5-2-6-10-13)11-7-3-1-4-8-11/h1,3-4,7-8H,2,5-6,9-10H2. The quantitative estimate of drug-likeness (QED) is 0.433. The third-order valence-electron chi connectivity index (χ3n) is 3.58. The van der Waals surface area contributed by atoms with E-state index in [1.54, 1.807) is 0 Å². The van der Waals surface area contributed by atoms with Crippen LogP contribution < -0.4 is 0 Å². The van der Waals surface area contributed by atoms with Gasteiger partial charge in [-0.2, -0.15) is 0 Å². The van der Waals surface area contributed by atoms with Gasteiger partial charge in [0.15, 0.2) is 0 Å². The molecule has 0 aliphatic heterocycles. The van der Waals surface area contributed by atoms with Crippen molar-refractivity contribution in [3.05, 3.63) is 46.3 Å². The highest BCUT2D eigenvalue weighted by molar-refractivity contribution is 5.89. The topological polar surface area (TPSA) is 65.8 Å². The van der Waals surface area contributed by atoms with Gasteiger partial charge in [0.05, 0.1) is 5.41 Å². The third-order valence-corrected chi connectivity index (χ3v) is 3.58. The maximum absolute atomic E-state index is 12.1. The van der Waals surface area contributed by atoms with Crippen LogP contribution in [0.5, 0.6) is 0 Å². The Morgan fingerprint density at radius 1 is 1.18 bits per heavy atom. The van der Waals surface area contributed by atoms with Crippen LogP contribution in [0.4, 0.5) is 0 Å². The number of carbonyl (C=O) groups excluding carboxylic acids is 1. The second kappa shape index (κ2) is 5.02. The smallest absolute Gasteiger partial charge is 0.229 e. The molecule has 0 N–H and O–H groups in total. The summed E-state index contributed by atoms with van der Waals surface area (Å²) in [5.41, 5.74) is 8.87. The fourth-order valence-electron chi connectivity index (χ4n) is 2.67. The lowest BCUT2D eigenvalue weighted by Gasteiger charge is -2.34. The molecule has 1 aliphatic carbocycles. The van der Waals surface area contributed by atoms with Crippen molar-refractivity contribution in [3.8, 4) is 0 Å². The lowest BCUT2D eigenvalue weighted by Crippen LogP contribution is -2.36. The highest BCUT2D eigenvalue weighted by Gasteiger charge is 2.40. The number of amides is 1. The van der Waals surface area contributed by atoms with Crippen LogP contribution in [0.15, 0.2) is 35.4 Å². The van der Waals surface area contributed by atoms with E-state index in [4.69, 9.17) is 5.53 Å². The van der Waals surface area contributed by atoms with E-state index in [1.807, 2.05) is 30.3 Å². The van der Waals surface area contributed by atoms with Gasteiger partial charge >= 0.3 is 0 Å². The van der Waals surface area contributed by atoms with Crippen molar-refractivity contribution in [2.24, 2.45) is 5.11 Å². The van der Waals surface area contributed by atoms with Crippen LogP contribution in [0.3, 0.4) is 0 Å². The summed E-state index contributed by atoms with van der Waals surface area (Å²) in [6, 6.07) is 9.69. The molecule has 0 aromatic heterocycles. The molecule has 4 nitrogen and oxygen atoms in total. The molecule has 1 fully saturated rings. The van der Waals surface area contributed by atoms with E-state index in [2.05, 4.69) is 10.0 Å². The van der Waals surface area contributed by atoms with Crippen molar-refractivity contribution < 1.29 is 4.79 Å². The molecule has 1 amide bonds. The van der Waals surface area contributed by atoms with Gasteiger partial charge in [-0.05, 0) is 29.1 Å². The average Bonchev–Trinajstić information content (AvgIpc) is 2.41. The molecule has 0 heterocycles. The Labute approximate surface area is 100 Å². The first-order valence-corrected chi connectivity index (χ1v) is 5.95. The van der Waals surface area contributed by atoms with Gasteiger partial charge in [0.1, 0.15) is 0 Å². The van der Waals surface area contributed by atoms with E-state index in [-0.39, 0.29) is 5.91 Å². The first-order valence-electron chi connectivity index (χ1n) is 5.95. The number of hydrogen-bond donors (Lipinski definition) is 0. The van der Waals surface area contributed by atoms with Crippen molar-refractivity contribution >= 4 is 5.91 Å². The molecule has 88 valence electrons. The Balaban J connectivity index is 2.43. The Kier molecular flexibility index (Phi) is 3.45. The van der Waals surface area contributed by atoms with Crippen LogP contribution in [0, 0.1) is 0 Å². The van der Waals surface area contributed by atoms with Crippen molar-refractivity contribution in [2.45, 2.75) is 37.5 Å². The van der Waals surface area contributed by atoms with Gasteiger partial charge in [-0.25, -0.2) is 0 Å². The average molecular weight is 229 g/mol. The van der Waals surface area contributed by atoms with E-state index in [0.717, 1.165) is 37.7 Å². The third kappa shape index (κ3) is 2.17. The van der Waals surface area contributed by atoms with Crippen molar-refractivity contribution in [3.63, 3.8) is 0 Å². The molecule has 2 rings (SSSR count). The molecular weight excluding hydrogens is 214 g/mol. The molecule has 0 atom stereocenters. The van der Waals surface area contributed by atoms with E-state index in [0.29, 0.717) is 0 Å². The molecule has 0 saturated heterocycles. The van der Waals surface area contributed by atoms with Crippen LogP contribution in [0.2, 0.25) is 0 Å². The molecule has 0 unspecified atom stereocenters. The fourth-order valence-corrected chi connectivity index (χ4v) is 2.67. The summed E-state index contributed by atoms with van der Waals surface area (Å²) in [7, 11) is 0. The van der Waals surface area contributed by atoms with Crippen molar-refractivity contribution in [1.29, 1.82) is 0 Å². The van der Waals surface area contributed by atoms with Crippen molar-refractivity contribution in [2.75, 3.05) is 0 Å². The molecule has 17 heavy (non-hydrogen) atoms. The lowest BCUT2D eigenvalue weighted by molar-refractivity contribution is -0.124. The van der Waals surface area contributed by atoms with E-state index >= 15 is 0 Å². The highest BCUT2D eigenvalue weighted by atomic mass is 16.2. The molecule has 1 aromatic rings. The molecule has 0 radical (unpaired) electrons. The summed E-state index contributed by atoms with van der Waals surface area (Å²) < 4.78 is 0. The zero-order valence-electron chi connectivity index (χ0n) is 9.67. The zero-order chi connectivity index (χ0) is 12.1. The summed E-state index contributed by atoms with van der Waals surface area (Å²) in [5, 5.41) is 3.34. The van der Waals surface area contributed by atoms with Crippen LogP contribution in [0.1, 0.15) is 37.7 Å². The maximum Gasteiger partial charge on any atom is 0.229 e. The molecule has 1 saturated carbocycles. The first-order chi connectivity index (χ1) is 8.29. The van der Waals surface area contributed by atoms with Crippen LogP contribution in [-0.4, -0.2) is 5.91 Å². The predicted molar refractivity (Wildman–Crippen MR) is 65.4 cm³/mol. The molecule has 0 bridgehead atoms. The van der Waals surface area contributed by atoms with Crippen LogP contribution in [-0.2, 0) is 10.2 Å². The molecule has 1 aromatic carbocycles. The maximum atomic E-state index is 12.1. The second-order valence-electron chi connectivity index (χ2n) is 4.50. The molecule has 4 heteroatoms. The molecule has 1 aliphatic rings. The summed E-state index contributed by atoms with van der Waals surface area (Å²) in [5.74, 6) is -0.328. The van der Waals surface area contributed by atoms with Gasteiger partial charge in [0, 0.05) is 4.91 Å². The summed E-state index contributed by atoms with van der Waals surface area (Å²) in [6.45, 7) is 0. The minimum Gasteiger partial charge on any atom is -0.292 e. The van der Waals surface area contributed by atoms with Crippen LogP contribution >= 0.6 is 0 Å². The Morgan fingerprint density at radius 2 is 1.82 bits per heavy atom. The van der Waals surface area contributed by atoms with E-state index in [9.17, 15) is 4.79 Å². The van der Waals surface area contributed by atoms with Gasteiger partial charge in [0.25, 0.3) is 0 Å². The normalized spacial score (nSPS) is 18.1. The van der Waals surface area contributed by atoms with Crippen LogP contribution in [0.25, 0.3) is 10.4 Å². The van der Waals surface area contributed by atoms with Gasteiger partial charge < -0.3 is 0 Å². The number of benzene rings is 1. The van der Waals surface area contributed by atoms with Crippen molar-refractivity contribution in [1.82, 2.24) is 0 Å². The van der Waals surface area contributed by atoms with E-state index in [1.165, 1.54) is 0 Å². The number of azide groups is 1. The molecular formula is C13H15N3O. The Morgan fingerprint density at radius 3 is 2.41 bits per heavy atom. The second-order valence-corrected chi connectivity index (χ2v) is 4.50. The summed E-state index contributed by atoms with van der Waals surface area (Å²) in [6.07, 6.45) is 4.75.